The number of amides is 1. The highest BCUT2D eigenvalue weighted by Crippen LogP contribution is 2.26. The number of primary amides is 1. The van der Waals surface area contributed by atoms with Crippen LogP contribution >= 0.6 is 0 Å². The minimum absolute atomic E-state index is 0.170. The molecule has 1 aromatic carbocycles. The summed E-state index contributed by atoms with van der Waals surface area (Å²) in [5.74, 6) is 0.517. The number of piperidine rings is 1. The summed E-state index contributed by atoms with van der Waals surface area (Å²) >= 11 is 0. The highest BCUT2D eigenvalue weighted by atomic mass is 16.5. The highest BCUT2D eigenvalue weighted by Gasteiger charge is 2.27. The lowest BCUT2D eigenvalue weighted by atomic mass is 10.0. The predicted molar refractivity (Wildman–Crippen MR) is 74.6 cm³/mol. The van der Waals surface area contributed by atoms with Gasteiger partial charge in [-0.1, -0.05) is 12.5 Å². The van der Waals surface area contributed by atoms with Crippen LogP contribution in [0.2, 0.25) is 0 Å². The van der Waals surface area contributed by atoms with Crippen molar-refractivity contribution in [2.75, 3.05) is 19.4 Å². The fraction of sp³-hybridized carbons (Fsp3) is 0.500. The van der Waals surface area contributed by atoms with Crippen molar-refractivity contribution in [2.45, 2.75) is 31.8 Å². The van der Waals surface area contributed by atoms with Gasteiger partial charge in [0, 0.05) is 23.9 Å². The molecule has 0 bridgehead atoms. The second kappa shape index (κ2) is 5.93. The van der Waals surface area contributed by atoms with E-state index in [0.29, 0.717) is 12.2 Å². The molecular weight excluding hydrogens is 242 g/mol. The summed E-state index contributed by atoms with van der Waals surface area (Å²) in [6.45, 7) is 1.55. The van der Waals surface area contributed by atoms with E-state index in [1.54, 1.807) is 13.2 Å². The summed E-state index contributed by atoms with van der Waals surface area (Å²) in [6, 6.07) is 5.43. The number of benzene rings is 1. The molecule has 1 saturated heterocycles. The smallest absolute Gasteiger partial charge is 0.234 e. The molecule has 0 radical (unpaired) electrons. The number of nitrogen functional groups attached to an aromatic ring is 1. The third-order valence-corrected chi connectivity index (χ3v) is 3.63. The zero-order valence-corrected chi connectivity index (χ0v) is 11.3. The largest absolute Gasteiger partial charge is 0.496 e. The van der Waals surface area contributed by atoms with Crippen LogP contribution < -0.4 is 16.2 Å². The molecule has 1 unspecified atom stereocenters. The molecule has 1 aromatic rings. The van der Waals surface area contributed by atoms with E-state index in [1.165, 1.54) is 0 Å². The van der Waals surface area contributed by atoms with Crippen molar-refractivity contribution in [2.24, 2.45) is 5.73 Å². The van der Waals surface area contributed by atoms with E-state index < -0.39 is 0 Å². The second-order valence-corrected chi connectivity index (χ2v) is 4.96. The van der Waals surface area contributed by atoms with Crippen LogP contribution in [0.3, 0.4) is 0 Å². The number of hydrogen-bond acceptors (Lipinski definition) is 4. The van der Waals surface area contributed by atoms with Crippen LogP contribution in [0.25, 0.3) is 0 Å². The van der Waals surface area contributed by atoms with Crippen molar-refractivity contribution in [3.05, 3.63) is 23.8 Å². The van der Waals surface area contributed by atoms with Crippen molar-refractivity contribution < 1.29 is 9.53 Å². The molecule has 1 aliphatic heterocycles. The van der Waals surface area contributed by atoms with Gasteiger partial charge in [0.05, 0.1) is 13.2 Å². The van der Waals surface area contributed by atoms with Crippen molar-refractivity contribution in [3.8, 4) is 5.75 Å². The molecule has 0 spiro atoms. The summed E-state index contributed by atoms with van der Waals surface area (Å²) in [6.07, 6.45) is 3.00. The number of likely N-dealkylation sites (tertiary alicyclic amines) is 1. The van der Waals surface area contributed by atoms with Gasteiger partial charge in [-0.15, -0.1) is 0 Å². The fourth-order valence-electron chi connectivity index (χ4n) is 2.61. The monoisotopic (exact) mass is 263 g/mol. The Hall–Kier alpha value is -1.75. The second-order valence-electron chi connectivity index (χ2n) is 4.96. The van der Waals surface area contributed by atoms with Gasteiger partial charge in [0.15, 0.2) is 0 Å². The Kier molecular flexibility index (Phi) is 4.27. The molecule has 104 valence electrons. The molecule has 5 nitrogen and oxygen atoms in total. The minimum Gasteiger partial charge on any atom is -0.496 e. The molecule has 1 aliphatic rings. The van der Waals surface area contributed by atoms with Crippen LogP contribution in [0.4, 0.5) is 5.69 Å². The van der Waals surface area contributed by atoms with Gasteiger partial charge >= 0.3 is 0 Å². The highest BCUT2D eigenvalue weighted by molar-refractivity contribution is 5.79. The lowest BCUT2D eigenvalue weighted by Gasteiger charge is -2.33. The number of carbonyl (C=O) groups is 1. The van der Waals surface area contributed by atoms with Gasteiger partial charge in [-0.2, -0.15) is 0 Å². The molecule has 4 N–H and O–H groups in total. The number of hydrogen-bond donors (Lipinski definition) is 2. The number of methoxy groups -OCH3 is 1. The van der Waals surface area contributed by atoms with Gasteiger partial charge < -0.3 is 16.2 Å². The number of nitrogens with zero attached hydrogens (tertiary/aromatic N) is 1. The predicted octanol–water partition coefficient (Wildman–Crippen LogP) is 1.12. The van der Waals surface area contributed by atoms with E-state index in [-0.39, 0.29) is 11.9 Å². The average Bonchev–Trinajstić information content (AvgIpc) is 2.41. The van der Waals surface area contributed by atoms with E-state index in [4.69, 9.17) is 16.2 Å². The molecule has 1 heterocycles. The van der Waals surface area contributed by atoms with E-state index in [9.17, 15) is 4.79 Å². The Balaban J connectivity index is 2.17. The number of nitrogens with two attached hydrogens (primary N) is 2. The molecule has 5 heteroatoms. The number of carbonyl (C=O) groups excluding carboxylic acids is 1. The van der Waals surface area contributed by atoms with Gasteiger partial charge in [-0.3, -0.25) is 9.69 Å². The first-order chi connectivity index (χ1) is 9.11. The molecule has 1 amide bonds. The quantitative estimate of drug-likeness (QED) is 0.797. The molecule has 0 saturated carbocycles. The first kappa shape index (κ1) is 13.7. The number of rotatable bonds is 4. The SMILES string of the molecule is COc1cc(N)ccc1CN1CCCCC1C(N)=O. The van der Waals surface area contributed by atoms with E-state index >= 15 is 0 Å². The number of anilines is 1. The summed E-state index contributed by atoms with van der Waals surface area (Å²) in [4.78, 5) is 13.6. The molecular formula is C14H21N3O2. The molecule has 1 fully saturated rings. The summed E-state index contributed by atoms with van der Waals surface area (Å²) < 4.78 is 5.34. The van der Waals surface area contributed by atoms with Crippen LogP contribution in [0.15, 0.2) is 18.2 Å². The van der Waals surface area contributed by atoms with E-state index in [0.717, 1.165) is 37.1 Å². The Bertz CT molecular complexity index is 462. The first-order valence-corrected chi connectivity index (χ1v) is 6.57. The van der Waals surface area contributed by atoms with Gasteiger partial charge in [0.1, 0.15) is 5.75 Å². The normalized spacial score (nSPS) is 20.2. The summed E-state index contributed by atoms with van der Waals surface area (Å²) in [5.41, 5.74) is 12.9. The minimum atomic E-state index is -0.242. The van der Waals surface area contributed by atoms with Gasteiger partial charge in [0.25, 0.3) is 0 Å². The lowest BCUT2D eigenvalue weighted by molar-refractivity contribution is -0.124. The maximum absolute atomic E-state index is 11.5. The average molecular weight is 263 g/mol. The maximum Gasteiger partial charge on any atom is 0.234 e. The molecule has 1 atom stereocenters. The van der Waals surface area contributed by atoms with Gasteiger partial charge in [0.2, 0.25) is 5.91 Å². The van der Waals surface area contributed by atoms with Crippen LogP contribution in [0.1, 0.15) is 24.8 Å². The first-order valence-electron chi connectivity index (χ1n) is 6.57. The third kappa shape index (κ3) is 3.17. The zero-order valence-electron chi connectivity index (χ0n) is 11.3. The summed E-state index contributed by atoms with van der Waals surface area (Å²) in [5, 5.41) is 0. The van der Waals surface area contributed by atoms with Crippen molar-refractivity contribution in [3.63, 3.8) is 0 Å². The topological polar surface area (TPSA) is 81.6 Å². The number of ether oxygens (including phenoxy) is 1. The standard InChI is InChI=1S/C14H21N3O2/c1-19-13-8-11(15)6-5-10(13)9-17-7-3-2-4-12(17)14(16)18/h5-6,8,12H,2-4,7,9,15H2,1H3,(H2,16,18). The molecule has 0 aromatic heterocycles. The molecule has 0 aliphatic carbocycles. The maximum atomic E-state index is 11.5. The van der Waals surface area contributed by atoms with Crippen molar-refractivity contribution in [1.82, 2.24) is 4.90 Å². The Morgan fingerprint density at radius 1 is 1.47 bits per heavy atom. The Labute approximate surface area is 113 Å². The van der Waals surface area contributed by atoms with E-state index in [2.05, 4.69) is 4.90 Å². The summed E-state index contributed by atoms with van der Waals surface area (Å²) in [7, 11) is 1.63. The van der Waals surface area contributed by atoms with Crippen molar-refractivity contribution >= 4 is 11.6 Å². The van der Waals surface area contributed by atoms with Gasteiger partial charge in [-0.05, 0) is 25.5 Å². The van der Waals surface area contributed by atoms with Crippen LogP contribution in [-0.2, 0) is 11.3 Å². The Morgan fingerprint density at radius 2 is 2.26 bits per heavy atom. The fourth-order valence-corrected chi connectivity index (χ4v) is 2.61. The van der Waals surface area contributed by atoms with Gasteiger partial charge in [-0.25, -0.2) is 0 Å². The lowest BCUT2D eigenvalue weighted by Crippen LogP contribution is -2.47. The molecule has 19 heavy (non-hydrogen) atoms. The van der Waals surface area contributed by atoms with Crippen LogP contribution in [0, 0.1) is 0 Å². The molecule has 2 rings (SSSR count). The third-order valence-electron chi connectivity index (χ3n) is 3.63. The van der Waals surface area contributed by atoms with Crippen molar-refractivity contribution in [1.29, 1.82) is 0 Å². The van der Waals surface area contributed by atoms with E-state index in [1.807, 2.05) is 12.1 Å². The van der Waals surface area contributed by atoms with Crippen LogP contribution in [0.5, 0.6) is 5.75 Å². The Morgan fingerprint density at radius 3 is 2.95 bits per heavy atom. The zero-order chi connectivity index (χ0) is 13.8. The van der Waals surface area contributed by atoms with Crippen LogP contribution in [-0.4, -0.2) is 30.5 Å².